The summed E-state index contributed by atoms with van der Waals surface area (Å²) in [5, 5.41) is 65.1. The van der Waals surface area contributed by atoms with Gasteiger partial charge in [0, 0.05) is 0 Å². The lowest BCUT2D eigenvalue weighted by atomic mass is 9.99. The van der Waals surface area contributed by atoms with Crippen molar-refractivity contribution in [2.24, 2.45) is 0 Å². The molecule has 0 spiro atoms. The summed E-state index contributed by atoms with van der Waals surface area (Å²) in [5.41, 5.74) is 0. The molecule has 1 aliphatic rings. The van der Waals surface area contributed by atoms with E-state index in [0.29, 0.717) is 12.8 Å². The molecule has 7 N–H and O–H groups in total. The van der Waals surface area contributed by atoms with Crippen LogP contribution in [0.1, 0.15) is 316 Å². The Morgan fingerprint density at radius 2 is 0.778 bits per heavy atom. The Morgan fingerprint density at radius 3 is 1.12 bits per heavy atom. The first-order chi connectivity index (χ1) is 35.3. The Morgan fingerprint density at radius 1 is 0.458 bits per heavy atom. The number of amides is 1. The highest BCUT2D eigenvalue weighted by molar-refractivity contribution is 5.80. The van der Waals surface area contributed by atoms with Gasteiger partial charge in [0.2, 0.25) is 5.91 Å². The van der Waals surface area contributed by atoms with E-state index in [1.807, 2.05) is 0 Å². The maximum absolute atomic E-state index is 13.1. The summed E-state index contributed by atoms with van der Waals surface area (Å²) >= 11 is 0. The van der Waals surface area contributed by atoms with Crippen molar-refractivity contribution in [3.05, 3.63) is 12.2 Å². The average Bonchev–Trinajstić information content (AvgIpc) is 3.38. The number of aliphatic hydroxyl groups is 6. The number of carbonyl (C=O) groups excluding carboxylic acids is 1. The number of allylic oxidation sites excluding steroid dienone is 2. The summed E-state index contributed by atoms with van der Waals surface area (Å²) in [6.45, 7) is 3.69. The van der Waals surface area contributed by atoms with Gasteiger partial charge in [0.1, 0.15) is 30.5 Å². The van der Waals surface area contributed by atoms with Crippen LogP contribution in [0.2, 0.25) is 0 Å². The second-order valence-electron chi connectivity index (χ2n) is 22.4. The number of unbranched alkanes of at least 4 members (excludes halogenated alkanes) is 42. The van der Waals surface area contributed by atoms with Gasteiger partial charge in [-0.1, -0.05) is 289 Å². The van der Waals surface area contributed by atoms with E-state index >= 15 is 0 Å². The number of carbonyl (C=O) groups is 1. The van der Waals surface area contributed by atoms with E-state index in [4.69, 9.17) is 9.47 Å². The Bertz CT molecular complexity index is 1160. The SMILES string of the molecule is CCCCCCCCCCCCCCCCCC/C=C\CCCCCCCCCCCCCCCCCCC(O)C(=O)NC(COC1OC(CO)C(O)C(O)C1O)C(O)CCCCCCCCCCCCC. The first kappa shape index (κ1) is 68.9. The van der Waals surface area contributed by atoms with Gasteiger partial charge in [0.05, 0.1) is 25.4 Å². The maximum Gasteiger partial charge on any atom is 0.249 e. The minimum atomic E-state index is -1.59. The van der Waals surface area contributed by atoms with Crippen LogP contribution in [0.15, 0.2) is 12.2 Å². The predicted molar refractivity (Wildman–Crippen MR) is 301 cm³/mol. The van der Waals surface area contributed by atoms with Crippen LogP contribution in [0.3, 0.4) is 0 Å². The molecule has 8 unspecified atom stereocenters. The first-order valence-electron chi connectivity index (χ1n) is 31.5. The lowest BCUT2D eigenvalue weighted by Gasteiger charge is -2.40. The average molecular weight is 1020 g/mol. The van der Waals surface area contributed by atoms with Crippen molar-refractivity contribution < 1.29 is 44.9 Å². The molecule has 0 aromatic rings. The zero-order valence-corrected chi connectivity index (χ0v) is 47.3. The third-order valence-electron chi connectivity index (χ3n) is 15.5. The molecule has 10 nitrogen and oxygen atoms in total. The van der Waals surface area contributed by atoms with E-state index in [-0.39, 0.29) is 6.61 Å². The van der Waals surface area contributed by atoms with Crippen LogP contribution in [0, 0.1) is 0 Å². The van der Waals surface area contributed by atoms with Crippen LogP contribution in [0.25, 0.3) is 0 Å². The van der Waals surface area contributed by atoms with Crippen LogP contribution >= 0.6 is 0 Å². The Balaban J connectivity index is 2.05. The molecular formula is C62H121NO9. The topological polar surface area (TPSA) is 169 Å². The lowest BCUT2D eigenvalue weighted by molar-refractivity contribution is -0.302. The van der Waals surface area contributed by atoms with Crippen molar-refractivity contribution in [1.82, 2.24) is 5.32 Å². The smallest absolute Gasteiger partial charge is 0.249 e. The largest absolute Gasteiger partial charge is 0.394 e. The first-order valence-corrected chi connectivity index (χ1v) is 31.5. The van der Waals surface area contributed by atoms with Crippen LogP contribution in [-0.2, 0) is 14.3 Å². The minimum Gasteiger partial charge on any atom is -0.394 e. The molecule has 0 aromatic heterocycles. The highest BCUT2D eigenvalue weighted by atomic mass is 16.7. The Labute approximate surface area is 444 Å². The number of nitrogens with one attached hydrogen (secondary N) is 1. The second kappa shape index (κ2) is 52.0. The van der Waals surface area contributed by atoms with E-state index in [1.54, 1.807) is 0 Å². The van der Waals surface area contributed by atoms with Crippen LogP contribution in [0.4, 0.5) is 0 Å². The molecule has 0 bridgehead atoms. The summed E-state index contributed by atoms with van der Waals surface area (Å²) in [6.07, 6.45) is 54.7. The highest BCUT2D eigenvalue weighted by Gasteiger charge is 2.44. The summed E-state index contributed by atoms with van der Waals surface area (Å²) < 4.78 is 11.2. The van der Waals surface area contributed by atoms with Gasteiger partial charge in [0.15, 0.2) is 6.29 Å². The fourth-order valence-corrected chi connectivity index (χ4v) is 10.4. The van der Waals surface area contributed by atoms with E-state index in [1.165, 1.54) is 244 Å². The Kier molecular flexibility index (Phi) is 49.7. The maximum atomic E-state index is 13.1. The molecule has 1 fully saturated rings. The molecule has 1 saturated heterocycles. The number of hydrogen-bond donors (Lipinski definition) is 7. The lowest BCUT2D eigenvalue weighted by Crippen LogP contribution is -2.60. The standard InChI is InChI=1S/C62H121NO9/c1-3-5-7-9-11-13-15-16-17-18-19-20-21-22-23-24-25-26-27-28-29-30-31-32-33-34-35-36-37-38-39-41-43-45-47-49-51-56(66)61(70)63-54(53-71-62-60(69)59(68)58(67)57(52-64)72-62)55(65)50-48-46-44-42-40-14-12-10-8-6-4-2/h26-27,54-60,62,64-69H,3-25,28-53H2,1-2H3,(H,63,70)/b27-26-. The van der Waals surface area contributed by atoms with Crippen LogP contribution in [-0.4, -0.2) is 98.7 Å². The molecule has 8 atom stereocenters. The molecule has 10 heteroatoms. The van der Waals surface area contributed by atoms with Crippen molar-refractivity contribution in [3.8, 4) is 0 Å². The number of rotatable bonds is 55. The van der Waals surface area contributed by atoms with Crippen molar-refractivity contribution in [2.75, 3.05) is 13.2 Å². The second-order valence-corrected chi connectivity index (χ2v) is 22.4. The minimum absolute atomic E-state index is 0.252. The predicted octanol–water partition coefficient (Wildman–Crippen LogP) is 14.9. The zero-order valence-electron chi connectivity index (χ0n) is 47.3. The fourth-order valence-electron chi connectivity index (χ4n) is 10.4. The fraction of sp³-hybridized carbons (Fsp3) is 0.952. The van der Waals surface area contributed by atoms with Crippen molar-refractivity contribution in [3.63, 3.8) is 0 Å². The van der Waals surface area contributed by atoms with Gasteiger partial charge in [-0.2, -0.15) is 0 Å². The molecule has 1 rings (SSSR count). The van der Waals surface area contributed by atoms with Crippen LogP contribution in [0.5, 0.6) is 0 Å². The van der Waals surface area contributed by atoms with E-state index in [2.05, 4.69) is 31.3 Å². The highest BCUT2D eigenvalue weighted by Crippen LogP contribution is 2.24. The van der Waals surface area contributed by atoms with Gasteiger partial charge in [-0.15, -0.1) is 0 Å². The number of ether oxygens (including phenoxy) is 2. The number of hydrogen-bond acceptors (Lipinski definition) is 9. The van der Waals surface area contributed by atoms with Gasteiger partial charge in [-0.05, 0) is 38.5 Å². The molecule has 0 aliphatic carbocycles. The third-order valence-corrected chi connectivity index (χ3v) is 15.5. The van der Waals surface area contributed by atoms with Gasteiger partial charge in [-0.3, -0.25) is 4.79 Å². The van der Waals surface area contributed by atoms with Gasteiger partial charge in [0.25, 0.3) is 0 Å². The molecule has 1 amide bonds. The van der Waals surface area contributed by atoms with Crippen molar-refractivity contribution >= 4 is 5.91 Å². The summed E-state index contributed by atoms with van der Waals surface area (Å²) in [4.78, 5) is 13.1. The summed E-state index contributed by atoms with van der Waals surface area (Å²) in [7, 11) is 0. The van der Waals surface area contributed by atoms with Gasteiger partial charge in [-0.25, -0.2) is 0 Å². The Hall–Kier alpha value is -1.11. The van der Waals surface area contributed by atoms with E-state index < -0.39 is 61.5 Å². The van der Waals surface area contributed by atoms with E-state index in [0.717, 1.165) is 44.9 Å². The van der Waals surface area contributed by atoms with Gasteiger partial charge < -0.3 is 45.4 Å². The molecule has 1 heterocycles. The normalized spacial score (nSPS) is 19.6. The summed E-state index contributed by atoms with van der Waals surface area (Å²) in [5.74, 6) is -0.579. The van der Waals surface area contributed by atoms with Crippen LogP contribution < -0.4 is 5.32 Å². The quantitative estimate of drug-likeness (QED) is 0.0232. The molecule has 0 saturated carbocycles. The molecule has 72 heavy (non-hydrogen) atoms. The summed E-state index contributed by atoms with van der Waals surface area (Å²) in [6, 6.07) is -0.890. The molecule has 0 radical (unpaired) electrons. The van der Waals surface area contributed by atoms with E-state index in [9.17, 15) is 35.4 Å². The number of aliphatic hydroxyl groups excluding tert-OH is 6. The van der Waals surface area contributed by atoms with Crippen molar-refractivity contribution in [2.45, 2.75) is 365 Å². The monoisotopic (exact) mass is 1020 g/mol. The molecule has 1 aliphatic heterocycles. The van der Waals surface area contributed by atoms with Gasteiger partial charge >= 0.3 is 0 Å². The molecule has 0 aromatic carbocycles. The van der Waals surface area contributed by atoms with Crippen molar-refractivity contribution in [1.29, 1.82) is 0 Å². The molecular weight excluding hydrogens is 903 g/mol. The zero-order chi connectivity index (χ0) is 52.4. The third kappa shape index (κ3) is 40.2. The molecule has 428 valence electrons.